The summed E-state index contributed by atoms with van der Waals surface area (Å²) in [6.07, 6.45) is 0.373. The molecule has 0 N–H and O–H groups in total. The van der Waals surface area contributed by atoms with Gasteiger partial charge in [0.1, 0.15) is 0 Å². The number of sulfone groups is 1. The number of rotatable bonds is 6. The van der Waals surface area contributed by atoms with Gasteiger partial charge in [-0.1, -0.05) is 0 Å². The van der Waals surface area contributed by atoms with Crippen LogP contribution >= 0.6 is 0 Å². The largest absolute Gasteiger partial charge is 0.383 e. The third-order valence-corrected chi connectivity index (χ3v) is 7.13. The molecule has 18 heavy (non-hydrogen) atoms. The summed E-state index contributed by atoms with van der Waals surface area (Å²) >= 11 is 0. The molecule has 8 heteroatoms. The Labute approximate surface area is 109 Å². The van der Waals surface area contributed by atoms with Crippen LogP contribution in [-0.2, 0) is 24.6 Å². The van der Waals surface area contributed by atoms with Crippen LogP contribution in [-0.4, -0.2) is 64.2 Å². The minimum absolute atomic E-state index is 0.0643. The zero-order valence-corrected chi connectivity index (χ0v) is 12.6. The fourth-order valence-corrected chi connectivity index (χ4v) is 5.26. The monoisotopic (exact) mass is 299 g/mol. The Morgan fingerprint density at radius 2 is 2.00 bits per heavy atom. The van der Waals surface area contributed by atoms with Crippen molar-refractivity contribution in [2.24, 2.45) is 0 Å². The second-order valence-corrected chi connectivity index (χ2v) is 9.42. The van der Waals surface area contributed by atoms with Crippen LogP contribution in [0.5, 0.6) is 0 Å². The van der Waals surface area contributed by atoms with Crippen LogP contribution in [0.4, 0.5) is 0 Å². The van der Waals surface area contributed by atoms with Gasteiger partial charge in [-0.15, -0.1) is 0 Å². The van der Waals surface area contributed by atoms with E-state index in [9.17, 15) is 16.8 Å². The highest BCUT2D eigenvalue weighted by atomic mass is 32.2. The molecule has 108 valence electrons. The summed E-state index contributed by atoms with van der Waals surface area (Å²) < 4.78 is 53.5. The predicted octanol–water partition coefficient (Wildman–Crippen LogP) is -0.140. The first-order valence-corrected chi connectivity index (χ1v) is 9.23. The van der Waals surface area contributed by atoms with E-state index in [-0.39, 0.29) is 24.7 Å². The number of ether oxygens (including phenoxy) is 1. The van der Waals surface area contributed by atoms with Crippen LogP contribution < -0.4 is 0 Å². The van der Waals surface area contributed by atoms with E-state index in [1.165, 1.54) is 11.4 Å². The highest BCUT2D eigenvalue weighted by molar-refractivity contribution is 7.92. The van der Waals surface area contributed by atoms with Crippen molar-refractivity contribution in [1.82, 2.24) is 4.31 Å². The van der Waals surface area contributed by atoms with Crippen LogP contribution in [0.3, 0.4) is 0 Å². The van der Waals surface area contributed by atoms with E-state index in [1.54, 1.807) is 13.8 Å². The van der Waals surface area contributed by atoms with Gasteiger partial charge < -0.3 is 4.74 Å². The van der Waals surface area contributed by atoms with Crippen molar-refractivity contribution in [1.29, 1.82) is 0 Å². The fraction of sp³-hybridized carbons (Fsp3) is 1.00. The molecule has 0 aromatic rings. The molecular formula is C10H21NO5S2. The topological polar surface area (TPSA) is 80.8 Å². The van der Waals surface area contributed by atoms with Gasteiger partial charge in [-0.2, -0.15) is 4.31 Å². The van der Waals surface area contributed by atoms with Gasteiger partial charge in [-0.05, 0) is 20.3 Å². The Balaban J connectivity index is 2.93. The van der Waals surface area contributed by atoms with E-state index >= 15 is 0 Å². The molecule has 1 rings (SSSR count). The van der Waals surface area contributed by atoms with Gasteiger partial charge in [0, 0.05) is 19.7 Å². The molecule has 1 unspecified atom stereocenters. The minimum Gasteiger partial charge on any atom is -0.383 e. The van der Waals surface area contributed by atoms with Gasteiger partial charge in [0.25, 0.3) is 0 Å². The van der Waals surface area contributed by atoms with Gasteiger partial charge >= 0.3 is 0 Å². The first-order chi connectivity index (χ1) is 8.20. The molecule has 0 aromatic heterocycles. The molecule has 1 saturated heterocycles. The Bertz CT molecular complexity index is 468. The lowest BCUT2D eigenvalue weighted by molar-refractivity contribution is 0.169. The molecular weight excluding hydrogens is 278 g/mol. The molecule has 1 aliphatic rings. The Hall–Kier alpha value is -0.180. The maximum atomic E-state index is 12.2. The Kier molecular flexibility index (Phi) is 5.16. The molecule has 1 fully saturated rings. The molecule has 1 atom stereocenters. The van der Waals surface area contributed by atoms with Crippen LogP contribution in [0.15, 0.2) is 0 Å². The van der Waals surface area contributed by atoms with Crippen LogP contribution in [0.2, 0.25) is 0 Å². The molecule has 0 spiro atoms. The lowest BCUT2D eigenvalue weighted by Gasteiger charge is -2.28. The fourth-order valence-electron chi connectivity index (χ4n) is 1.97. The SMILES string of the molecule is COCCN(C1CCS(=O)(=O)C1)S(=O)(=O)C(C)C. The molecule has 0 radical (unpaired) electrons. The van der Waals surface area contributed by atoms with Crippen molar-refractivity contribution in [3.8, 4) is 0 Å². The maximum Gasteiger partial charge on any atom is 0.216 e. The summed E-state index contributed by atoms with van der Waals surface area (Å²) in [4.78, 5) is 0. The number of sulfonamides is 1. The van der Waals surface area contributed by atoms with Crippen molar-refractivity contribution in [2.75, 3.05) is 31.8 Å². The van der Waals surface area contributed by atoms with E-state index in [4.69, 9.17) is 4.74 Å². The van der Waals surface area contributed by atoms with Gasteiger partial charge in [-0.3, -0.25) is 0 Å². The zero-order chi connectivity index (χ0) is 14.0. The number of nitrogens with zero attached hydrogens (tertiary/aromatic N) is 1. The molecule has 0 saturated carbocycles. The zero-order valence-electron chi connectivity index (χ0n) is 11.0. The van der Waals surface area contributed by atoms with Crippen LogP contribution in [0, 0.1) is 0 Å². The average molecular weight is 299 g/mol. The van der Waals surface area contributed by atoms with E-state index in [0.29, 0.717) is 6.42 Å². The van der Waals surface area contributed by atoms with Crippen molar-refractivity contribution >= 4 is 19.9 Å². The normalized spacial score (nSPS) is 23.9. The van der Waals surface area contributed by atoms with E-state index < -0.39 is 31.2 Å². The van der Waals surface area contributed by atoms with Crippen molar-refractivity contribution in [3.05, 3.63) is 0 Å². The molecule has 0 aliphatic carbocycles. The molecule has 6 nitrogen and oxygen atoms in total. The second-order valence-electron chi connectivity index (χ2n) is 4.75. The van der Waals surface area contributed by atoms with E-state index in [2.05, 4.69) is 0 Å². The Morgan fingerprint density at radius 1 is 1.39 bits per heavy atom. The summed E-state index contributed by atoms with van der Waals surface area (Å²) in [5.74, 6) is -0.0164. The molecule has 0 aromatic carbocycles. The second kappa shape index (κ2) is 5.85. The van der Waals surface area contributed by atoms with Gasteiger partial charge in [-0.25, -0.2) is 16.8 Å². The lowest BCUT2D eigenvalue weighted by Crippen LogP contribution is -2.45. The third kappa shape index (κ3) is 3.66. The average Bonchev–Trinajstić information content (AvgIpc) is 2.59. The molecule has 0 bridgehead atoms. The summed E-state index contributed by atoms with van der Waals surface area (Å²) in [6.45, 7) is 3.66. The summed E-state index contributed by atoms with van der Waals surface area (Å²) in [7, 11) is -5.06. The number of hydrogen-bond donors (Lipinski definition) is 0. The smallest absolute Gasteiger partial charge is 0.216 e. The highest BCUT2D eigenvalue weighted by Gasteiger charge is 2.38. The predicted molar refractivity (Wildman–Crippen MR) is 69.7 cm³/mol. The summed E-state index contributed by atoms with van der Waals surface area (Å²) in [5.41, 5.74) is 0. The van der Waals surface area contributed by atoms with Gasteiger partial charge in [0.15, 0.2) is 9.84 Å². The first-order valence-electron chi connectivity index (χ1n) is 5.90. The van der Waals surface area contributed by atoms with Gasteiger partial charge in [0.2, 0.25) is 10.0 Å². The van der Waals surface area contributed by atoms with E-state index in [0.717, 1.165) is 0 Å². The first kappa shape index (κ1) is 15.9. The summed E-state index contributed by atoms with van der Waals surface area (Å²) in [6, 6.07) is -0.447. The number of hydrogen-bond acceptors (Lipinski definition) is 5. The van der Waals surface area contributed by atoms with Crippen molar-refractivity contribution < 1.29 is 21.6 Å². The van der Waals surface area contributed by atoms with Crippen LogP contribution in [0.25, 0.3) is 0 Å². The lowest BCUT2D eigenvalue weighted by atomic mass is 10.3. The van der Waals surface area contributed by atoms with E-state index in [1.807, 2.05) is 0 Å². The molecule has 1 aliphatic heterocycles. The van der Waals surface area contributed by atoms with Crippen molar-refractivity contribution in [2.45, 2.75) is 31.6 Å². The standard InChI is InChI=1S/C10H21NO5S2/c1-9(2)18(14,15)11(5-6-16-3)10-4-7-17(12,13)8-10/h9-10H,4-8H2,1-3H3. The molecule has 0 amide bonds. The van der Waals surface area contributed by atoms with Crippen LogP contribution in [0.1, 0.15) is 20.3 Å². The maximum absolute atomic E-state index is 12.2. The Morgan fingerprint density at radius 3 is 2.39 bits per heavy atom. The summed E-state index contributed by atoms with van der Waals surface area (Å²) in [5, 5.41) is -0.558. The van der Waals surface area contributed by atoms with Crippen molar-refractivity contribution in [3.63, 3.8) is 0 Å². The highest BCUT2D eigenvalue weighted by Crippen LogP contribution is 2.22. The molecule has 1 heterocycles. The number of methoxy groups -OCH3 is 1. The minimum atomic E-state index is -3.46. The third-order valence-electron chi connectivity index (χ3n) is 3.05. The van der Waals surface area contributed by atoms with Gasteiger partial charge in [0.05, 0.1) is 23.4 Å². The quantitative estimate of drug-likeness (QED) is 0.682.